The quantitative estimate of drug-likeness (QED) is 0.256. The number of methoxy groups -OCH3 is 1. The topological polar surface area (TPSA) is 79.3 Å². The summed E-state index contributed by atoms with van der Waals surface area (Å²) in [5.41, 5.74) is 2.14. The zero-order valence-electron chi connectivity index (χ0n) is 22.0. The van der Waals surface area contributed by atoms with Gasteiger partial charge in [-0.15, -0.1) is 0 Å². The number of aliphatic hydroxyl groups excluding tert-OH is 1. The van der Waals surface area contributed by atoms with Crippen LogP contribution in [0.25, 0.3) is 5.76 Å². The molecule has 1 amide bonds. The van der Waals surface area contributed by atoms with Crippen molar-refractivity contribution in [2.24, 2.45) is 0 Å². The molecule has 194 valence electrons. The van der Waals surface area contributed by atoms with Gasteiger partial charge in [-0.05, 0) is 80.9 Å². The standard InChI is InChI=1S/C29H38N2O5/c1-6-18-36-23-14-15-24(20(4)19-23)27(32)25-26(21-10-12-22(35-5)13-11-21)31(29(34)28(25)33)17-9-16-30(7-2)8-3/h10-15,19,26,32H,6-9,16-18H2,1-5H3/b27-25+. The van der Waals surface area contributed by atoms with Crippen LogP contribution in [0.3, 0.4) is 0 Å². The molecule has 2 aromatic carbocycles. The highest BCUT2D eigenvalue weighted by Gasteiger charge is 2.46. The Kier molecular flexibility index (Phi) is 9.53. The van der Waals surface area contributed by atoms with Crippen LogP contribution in [0, 0.1) is 6.92 Å². The van der Waals surface area contributed by atoms with E-state index < -0.39 is 17.7 Å². The number of carbonyl (C=O) groups excluding carboxylic acids is 2. The van der Waals surface area contributed by atoms with Gasteiger partial charge in [-0.1, -0.05) is 32.9 Å². The van der Waals surface area contributed by atoms with Crippen molar-refractivity contribution in [3.05, 3.63) is 64.7 Å². The first kappa shape index (κ1) is 27.3. The van der Waals surface area contributed by atoms with E-state index in [0.717, 1.165) is 43.6 Å². The molecule has 1 N–H and O–H groups in total. The molecule has 3 rings (SSSR count). The number of benzene rings is 2. The van der Waals surface area contributed by atoms with E-state index in [2.05, 4.69) is 18.7 Å². The fraction of sp³-hybridized carbons (Fsp3) is 0.448. The summed E-state index contributed by atoms with van der Waals surface area (Å²) in [7, 11) is 1.59. The van der Waals surface area contributed by atoms with E-state index in [1.807, 2.05) is 32.0 Å². The largest absolute Gasteiger partial charge is 0.507 e. The minimum Gasteiger partial charge on any atom is -0.507 e. The lowest BCUT2D eigenvalue weighted by Gasteiger charge is -2.27. The average Bonchev–Trinajstić information content (AvgIpc) is 3.14. The zero-order chi connectivity index (χ0) is 26.2. The zero-order valence-corrected chi connectivity index (χ0v) is 22.0. The van der Waals surface area contributed by atoms with E-state index in [-0.39, 0.29) is 11.3 Å². The lowest BCUT2D eigenvalue weighted by atomic mass is 9.93. The molecule has 0 saturated carbocycles. The molecule has 0 radical (unpaired) electrons. The summed E-state index contributed by atoms with van der Waals surface area (Å²) in [6.07, 6.45) is 1.62. The van der Waals surface area contributed by atoms with Crippen molar-refractivity contribution in [1.29, 1.82) is 0 Å². The van der Waals surface area contributed by atoms with Crippen LogP contribution in [-0.4, -0.2) is 66.5 Å². The van der Waals surface area contributed by atoms with Gasteiger partial charge in [0.25, 0.3) is 11.7 Å². The Morgan fingerprint density at radius 3 is 2.28 bits per heavy atom. The lowest BCUT2D eigenvalue weighted by molar-refractivity contribution is -0.140. The Morgan fingerprint density at radius 2 is 1.69 bits per heavy atom. The van der Waals surface area contributed by atoms with Gasteiger partial charge in [0.1, 0.15) is 17.3 Å². The van der Waals surface area contributed by atoms with Gasteiger partial charge in [-0.3, -0.25) is 9.59 Å². The summed E-state index contributed by atoms with van der Waals surface area (Å²) < 4.78 is 11.0. The molecule has 1 aliphatic heterocycles. The summed E-state index contributed by atoms with van der Waals surface area (Å²) in [5.74, 6) is -0.0375. The Labute approximate surface area is 214 Å². The van der Waals surface area contributed by atoms with Gasteiger partial charge in [-0.2, -0.15) is 0 Å². The van der Waals surface area contributed by atoms with E-state index in [4.69, 9.17) is 9.47 Å². The summed E-state index contributed by atoms with van der Waals surface area (Å²) in [6, 6.07) is 12.0. The van der Waals surface area contributed by atoms with Crippen LogP contribution in [-0.2, 0) is 9.59 Å². The molecule has 1 saturated heterocycles. The first-order chi connectivity index (χ1) is 17.4. The molecule has 0 bridgehead atoms. The van der Waals surface area contributed by atoms with Crippen molar-refractivity contribution in [3.8, 4) is 11.5 Å². The normalized spacial score (nSPS) is 17.2. The van der Waals surface area contributed by atoms with Crippen LogP contribution in [0.2, 0.25) is 0 Å². The highest BCUT2D eigenvalue weighted by molar-refractivity contribution is 6.46. The maximum atomic E-state index is 13.3. The summed E-state index contributed by atoms with van der Waals surface area (Å²) in [4.78, 5) is 30.4. The van der Waals surface area contributed by atoms with Crippen LogP contribution in [0.4, 0.5) is 0 Å². The summed E-state index contributed by atoms with van der Waals surface area (Å²) in [5, 5.41) is 11.4. The molecule has 1 heterocycles. The van der Waals surface area contributed by atoms with Gasteiger partial charge in [-0.25, -0.2) is 0 Å². The van der Waals surface area contributed by atoms with Crippen LogP contribution in [0.5, 0.6) is 11.5 Å². The third kappa shape index (κ3) is 5.90. The highest BCUT2D eigenvalue weighted by Crippen LogP contribution is 2.40. The van der Waals surface area contributed by atoms with Crippen molar-refractivity contribution in [1.82, 2.24) is 9.80 Å². The smallest absolute Gasteiger partial charge is 0.295 e. The third-order valence-corrected chi connectivity index (χ3v) is 6.67. The number of ether oxygens (including phenoxy) is 2. The number of Topliss-reactive ketones (excluding diaryl/α,β-unsaturated/α-hetero) is 1. The molecule has 0 aromatic heterocycles. The second-order valence-corrected chi connectivity index (χ2v) is 8.97. The predicted molar refractivity (Wildman–Crippen MR) is 141 cm³/mol. The lowest BCUT2D eigenvalue weighted by Crippen LogP contribution is -2.33. The second-order valence-electron chi connectivity index (χ2n) is 8.97. The van der Waals surface area contributed by atoms with E-state index in [1.54, 1.807) is 36.3 Å². The third-order valence-electron chi connectivity index (χ3n) is 6.67. The van der Waals surface area contributed by atoms with Gasteiger partial charge in [0.05, 0.1) is 25.3 Å². The number of aryl methyl sites for hydroxylation is 1. The van der Waals surface area contributed by atoms with Gasteiger partial charge < -0.3 is 24.4 Å². The van der Waals surface area contributed by atoms with E-state index in [9.17, 15) is 14.7 Å². The van der Waals surface area contributed by atoms with Crippen molar-refractivity contribution < 1.29 is 24.2 Å². The molecular weight excluding hydrogens is 456 g/mol. The van der Waals surface area contributed by atoms with E-state index in [0.29, 0.717) is 30.2 Å². The maximum absolute atomic E-state index is 13.3. The SMILES string of the molecule is CCCOc1ccc(/C(O)=C2\C(=O)C(=O)N(CCCN(CC)CC)C2c2ccc(OC)cc2)c(C)c1. The van der Waals surface area contributed by atoms with E-state index in [1.165, 1.54) is 0 Å². The molecule has 1 aliphatic rings. The number of hydrogen-bond donors (Lipinski definition) is 1. The number of hydrogen-bond acceptors (Lipinski definition) is 6. The summed E-state index contributed by atoms with van der Waals surface area (Å²) >= 11 is 0. The maximum Gasteiger partial charge on any atom is 0.295 e. The number of amides is 1. The molecular formula is C29H38N2O5. The molecule has 7 heteroatoms. The fourth-order valence-electron chi connectivity index (χ4n) is 4.60. The van der Waals surface area contributed by atoms with Crippen LogP contribution < -0.4 is 9.47 Å². The Bertz CT molecular complexity index is 1090. The van der Waals surface area contributed by atoms with E-state index >= 15 is 0 Å². The molecule has 1 fully saturated rings. The first-order valence-electron chi connectivity index (χ1n) is 12.7. The Hall–Kier alpha value is -3.32. The Morgan fingerprint density at radius 1 is 1.03 bits per heavy atom. The Balaban J connectivity index is 2.03. The number of likely N-dealkylation sites (tertiary alicyclic amines) is 1. The predicted octanol–water partition coefficient (Wildman–Crippen LogP) is 4.95. The van der Waals surface area contributed by atoms with Gasteiger partial charge in [0.15, 0.2) is 0 Å². The second kappa shape index (κ2) is 12.6. The molecule has 7 nitrogen and oxygen atoms in total. The van der Waals surface area contributed by atoms with Gasteiger partial charge in [0.2, 0.25) is 0 Å². The van der Waals surface area contributed by atoms with Crippen molar-refractivity contribution >= 4 is 17.4 Å². The van der Waals surface area contributed by atoms with Crippen LogP contribution in [0.1, 0.15) is 56.3 Å². The number of rotatable bonds is 12. The van der Waals surface area contributed by atoms with Crippen LogP contribution >= 0.6 is 0 Å². The fourth-order valence-corrected chi connectivity index (χ4v) is 4.60. The van der Waals surface area contributed by atoms with Crippen molar-refractivity contribution in [2.45, 2.75) is 46.6 Å². The van der Waals surface area contributed by atoms with Gasteiger partial charge >= 0.3 is 0 Å². The number of ketones is 1. The minimum absolute atomic E-state index is 0.110. The van der Waals surface area contributed by atoms with Crippen molar-refractivity contribution in [3.63, 3.8) is 0 Å². The minimum atomic E-state index is -0.678. The van der Waals surface area contributed by atoms with Crippen molar-refractivity contribution in [2.75, 3.05) is 39.9 Å². The molecule has 0 spiro atoms. The van der Waals surface area contributed by atoms with Crippen LogP contribution in [0.15, 0.2) is 48.0 Å². The molecule has 1 atom stereocenters. The number of carbonyl (C=O) groups is 2. The molecule has 0 aliphatic carbocycles. The average molecular weight is 495 g/mol. The monoisotopic (exact) mass is 494 g/mol. The molecule has 36 heavy (non-hydrogen) atoms. The number of nitrogens with zero attached hydrogens (tertiary/aromatic N) is 2. The molecule has 1 unspecified atom stereocenters. The molecule has 2 aromatic rings. The summed E-state index contributed by atoms with van der Waals surface area (Å²) in [6.45, 7) is 11.8. The van der Waals surface area contributed by atoms with Gasteiger partial charge in [0, 0.05) is 12.1 Å². The number of aliphatic hydroxyl groups is 1. The first-order valence-corrected chi connectivity index (χ1v) is 12.7. The highest BCUT2D eigenvalue weighted by atomic mass is 16.5.